The van der Waals surface area contributed by atoms with Crippen LogP contribution in [0.5, 0.6) is 0 Å². The molecule has 2 aromatic rings. The smallest absolute Gasteiger partial charge is 0.254 e. The molecule has 0 radical (unpaired) electrons. The zero-order chi connectivity index (χ0) is 26.0. The van der Waals surface area contributed by atoms with Crippen LogP contribution in [0.25, 0.3) is 5.57 Å². The van der Waals surface area contributed by atoms with E-state index < -0.39 is 0 Å². The number of rotatable bonds is 4. The lowest BCUT2D eigenvalue weighted by atomic mass is 9.85. The molecule has 2 aliphatic rings. The fourth-order valence-corrected chi connectivity index (χ4v) is 5.71. The minimum Gasteiger partial charge on any atom is -0.337 e. The first-order valence-electron chi connectivity index (χ1n) is 13.5. The quantitative estimate of drug-likeness (QED) is 0.416. The molecular weight excluding hydrogens is 440 g/mol. The summed E-state index contributed by atoms with van der Waals surface area (Å²) >= 11 is 0. The predicted molar refractivity (Wildman–Crippen MR) is 149 cm³/mol. The molecule has 188 valence electrons. The highest BCUT2D eigenvalue weighted by Crippen LogP contribution is 2.37. The van der Waals surface area contributed by atoms with E-state index in [-0.39, 0.29) is 5.91 Å². The topological polar surface area (TPSA) is 44.1 Å². The van der Waals surface area contributed by atoms with Gasteiger partial charge < -0.3 is 4.90 Å². The number of nitriles is 1. The van der Waals surface area contributed by atoms with Crippen LogP contribution in [-0.4, -0.2) is 23.9 Å². The van der Waals surface area contributed by atoms with E-state index in [2.05, 4.69) is 65.8 Å². The van der Waals surface area contributed by atoms with Gasteiger partial charge in [-0.25, -0.2) is 0 Å². The minimum absolute atomic E-state index is 0.136. The Morgan fingerprint density at radius 2 is 1.72 bits per heavy atom. The molecule has 1 aliphatic carbocycles. The lowest BCUT2D eigenvalue weighted by Gasteiger charge is -2.40. The third-order valence-electron chi connectivity index (χ3n) is 8.39. The monoisotopic (exact) mass is 480 g/mol. The molecule has 3 heteroatoms. The predicted octanol–water partition coefficient (Wildman–Crippen LogP) is 7.98. The van der Waals surface area contributed by atoms with E-state index in [1.807, 2.05) is 29.2 Å². The van der Waals surface area contributed by atoms with Gasteiger partial charge in [0.15, 0.2) is 0 Å². The number of hydrogen-bond donors (Lipinski definition) is 0. The number of carbonyl (C=O) groups excluding carboxylic acids is 1. The van der Waals surface area contributed by atoms with Crippen LogP contribution in [-0.2, 0) is 0 Å². The fraction of sp³-hybridized carbons (Fsp3) is 0.455. The normalized spacial score (nSPS) is 19.2. The van der Waals surface area contributed by atoms with Gasteiger partial charge in [-0.3, -0.25) is 4.79 Å². The van der Waals surface area contributed by atoms with Crippen LogP contribution < -0.4 is 0 Å². The molecule has 0 N–H and O–H groups in total. The molecule has 4 rings (SSSR count). The molecule has 1 atom stereocenters. The Balaban J connectivity index is 1.56. The molecule has 0 spiro atoms. The third-order valence-corrected chi connectivity index (χ3v) is 8.39. The average Bonchev–Trinajstić information content (AvgIpc) is 2.89. The van der Waals surface area contributed by atoms with Gasteiger partial charge in [-0.1, -0.05) is 56.2 Å². The Kier molecular flexibility index (Phi) is 7.84. The second-order valence-corrected chi connectivity index (χ2v) is 11.2. The van der Waals surface area contributed by atoms with Crippen LogP contribution >= 0.6 is 0 Å². The number of hydrogen-bond acceptors (Lipinski definition) is 2. The van der Waals surface area contributed by atoms with Crippen LogP contribution in [0.4, 0.5) is 0 Å². The maximum atomic E-state index is 13.6. The van der Waals surface area contributed by atoms with Crippen molar-refractivity contribution < 1.29 is 4.79 Å². The van der Waals surface area contributed by atoms with Crippen molar-refractivity contribution in [1.82, 2.24) is 4.90 Å². The zero-order valence-corrected chi connectivity index (χ0v) is 22.8. The molecule has 1 fully saturated rings. The summed E-state index contributed by atoms with van der Waals surface area (Å²) in [4.78, 5) is 15.5. The van der Waals surface area contributed by atoms with Gasteiger partial charge in [-0.2, -0.15) is 5.26 Å². The van der Waals surface area contributed by atoms with E-state index >= 15 is 0 Å². The summed E-state index contributed by atoms with van der Waals surface area (Å²) in [6, 6.07) is 14.3. The Bertz CT molecular complexity index is 1230. The number of aryl methyl sites for hydroxylation is 2. The standard InChI is InChI=1S/C33H40N2O/c1-21(2)27-8-7-9-30(25(6)22(3)10-13-27)31-17-32(24(5)16-23(31)4)33(36)35-19-29(20-35)28-14-11-26(18-34)12-15-28/h11-17,21-22,29H,7-10,19-20H2,1-6H3. The second-order valence-electron chi connectivity index (χ2n) is 11.2. The van der Waals surface area contributed by atoms with Gasteiger partial charge in [0.25, 0.3) is 5.91 Å². The van der Waals surface area contributed by atoms with Crippen molar-refractivity contribution in [1.29, 1.82) is 5.26 Å². The molecule has 1 amide bonds. The second kappa shape index (κ2) is 10.9. The van der Waals surface area contributed by atoms with Crippen LogP contribution in [0, 0.1) is 37.0 Å². The summed E-state index contributed by atoms with van der Waals surface area (Å²) in [6.07, 6.45) is 6.93. The van der Waals surface area contributed by atoms with Crippen LogP contribution in [0.2, 0.25) is 0 Å². The van der Waals surface area contributed by atoms with Crippen LogP contribution in [0.1, 0.15) is 97.5 Å². The van der Waals surface area contributed by atoms with Crippen LogP contribution in [0.3, 0.4) is 0 Å². The highest BCUT2D eigenvalue weighted by atomic mass is 16.2. The van der Waals surface area contributed by atoms with Crippen molar-refractivity contribution in [2.45, 2.75) is 73.1 Å². The van der Waals surface area contributed by atoms with E-state index in [9.17, 15) is 4.79 Å². The van der Waals surface area contributed by atoms with Gasteiger partial charge in [0.1, 0.15) is 0 Å². The summed E-state index contributed by atoms with van der Waals surface area (Å²) in [7, 11) is 0. The van der Waals surface area contributed by atoms with Crippen LogP contribution in [0.15, 0.2) is 53.6 Å². The molecule has 1 aliphatic heterocycles. The molecule has 0 aromatic heterocycles. The Hall–Kier alpha value is -3.12. The molecule has 36 heavy (non-hydrogen) atoms. The van der Waals surface area contributed by atoms with Gasteiger partial charge >= 0.3 is 0 Å². The lowest BCUT2D eigenvalue weighted by molar-refractivity contribution is 0.0601. The summed E-state index contributed by atoms with van der Waals surface area (Å²) in [5, 5.41) is 9.04. The summed E-state index contributed by atoms with van der Waals surface area (Å²) < 4.78 is 0. The molecule has 1 saturated heterocycles. The first-order valence-corrected chi connectivity index (χ1v) is 13.5. The number of allylic oxidation sites excluding steroid dienone is 4. The summed E-state index contributed by atoms with van der Waals surface area (Å²) in [5.74, 6) is 1.58. The Morgan fingerprint density at radius 3 is 2.36 bits per heavy atom. The van der Waals surface area contributed by atoms with E-state index in [4.69, 9.17) is 5.26 Å². The Morgan fingerprint density at radius 1 is 1.03 bits per heavy atom. The molecule has 2 aromatic carbocycles. The lowest BCUT2D eigenvalue weighted by Crippen LogP contribution is -2.48. The summed E-state index contributed by atoms with van der Waals surface area (Å²) in [6.45, 7) is 15.0. The first-order chi connectivity index (χ1) is 17.2. The summed E-state index contributed by atoms with van der Waals surface area (Å²) in [5.41, 5.74) is 10.8. The maximum absolute atomic E-state index is 13.6. The van der Waals surface area contributed by atoms with Gasteiger partial charge in [0, 0.05) is 24.6 Å². The van der Waals surface area contributed by atoms with Crippen molar-refractivity contribution in [2.75, 3.05) is 13.1 Å². The Labute approximate surface area is 217 Å². The highest BCUT2D eigenvalue weighted by Gasteiger charge is 2.33. The first kappa shape index (κ1) is 26.0. The van der Waals surface area contributed by atoms with Crippen molar-refractivity contribution >= 4 is 11.5 Å². The molecule has 1 unspecified atom stereocenters. The molecule has 0 saturated carbocycles. The maximum Gasteiger partial charge on any atom is 0.254 e. The third kappa shape index (κ3) is 5.34. The zero-order valence-electron chi connectivity index (χ0n) is 22.8. The minimum atomic E-state index is 0.136. The SMILES string of the molecule is CC1=C(c2cc(C(=O)N3CC(c4ccc(C#N)cc4)C3)c(C)cc2C)CCCC(C(C)C)=CCC1C. The van der Waals surface area contributed by atoms with Gasteiger partial charge in [-0.15, -0.1) is 0 Å². The van der Waals surface area contributed by atoms with Crippen molar-refractivity contribution in [3.63, 3.8) is 0 Å². The number of likely N-dealkylation sites (tertiary alicyclic amines) is 1. The van der Waals surface area contributed by atoms with E-state index in [0.29, 0.717) is 23.3 Å². The highest BCUT2D eigenvalue weighted by molar-refractivity contribution is 5.97. The molecular formula is C33H40N2O. The molecule has 3 nitrogen and oxygen atoms in total. The average molecular weight is 481 g/mol. The van der Waals surface area contributed by atoms with Gasteiger partial charge in [0.05, 0.1) is 11.6 Å². The fourth-order valence-electron chi connectivity index (χ4n) is 5.71. The van der Waals surface area contributed by atoms with E-state index in [1.54, 1.807) is 5.57 Å². The molecule has 0 bridgehead atoms. The van der Waals surface area contributed by atoms with Crippen molar-refractivity contribution in [3.05, 3.63) is 87.0 Å². The van der Waals surface area contributed by atoms with E-state index in [1.165, 1.54) is 27.8 Å². The van der Waals surface area contributed by atoms with Gasteiger partial charge in [0.2, 0.25) is 0 Å². The number of nitrogens with zero attached hydrogens (tertiary/aromatic N) is 2. The number of benzene rings is 2. The molecule has 1 heterocycles. The largest absolute Gasteiger partial charge is 0.337 e. The van der Waals surface area contributed by atoms with E-state index in [0.717, 1.165) is 49.9 Å². The number of amides is 1. The number of carbonyl (C=O) groups is 1. The van der Waals surface area contributed by atoms with Gasteiger partial charge in [-0.05, 0) is 104 Å². The van der Waals surface area contributed by atoms with Crippen molar-refractivity contribution in [2.24, 2.45) is 11.8 Å². The van der Waals surface area contributed by atoms with Crippen molar-refractivity contribution in [3.8, 4) is 6.07 Å².